The Balaban J connectivity index is 1.83. The van der Waals surface area contributed by atoms with E-state index in [0.29, 0.717) is 22.7 Å². The lowest BCUT2D eigenvalue weighted by molar-refractivity contribution is -0.116. The number of carbonyl (C=O) groups is 1. The number of ether oxygens (including phenoxy) is 2. The minimum atomic E-state index is -0.302. The number of methoxy groups -OCH3 is 2. The lowest BCUT2D eigenvalue weighted by Crippen LogP contribution is -2.48. The van der Waals surface area contributed by atoms with Crippen LogP contribution in [0.25, 0.3) is 6.08 Å². The van der Waals surface area contributed by atoms with Crippen LogP contribution in [0.4, 0.5) is 0 Å². The van der Waals surface area contributed by atoms with Crippen LogP contribution in [-0.4, -0.2) is 31.3 Å². The van der Waals surface area contributed by atoms with Gasteiger partial charge in [-0.3, -0.25) is 15.6 Å². The summed E-state index contributed by atoms with van der Waals surface area (Å²) in [5.74, 6) is 1.02. The van der Waals surface area contributed by atoms with Crippen LogP contribution in [0.2, 0.25) is 0 Å². The first-order valence-electron chi connectivity index (χ1n) is 7.89. The fourth-order valence-electron chi connectivity index (χ4n) is 2.57. The van der Waals surface area contributed by atoms with Crippen LogP contribution in [0.5, 0.6) is 11.5 Å². The number of carbonyl (C=O) groups excluding carboxylic acids is 1. The van der Waals surface area contributed by atoms with Crippen molar-refractivity contribution in [3.63, 3.8) is 0 Å². The molecule has 0 saturated heterocycles. The summed E-state index contributed by atoms with van der Waals surface area (Å²) in [6.07, 6.45) is 7.76. The van der Waals surface area contributed by atoms with Gasteiger partial charge >= 0.3 is 0 Å². The van der Waals surface area contributed by atoms with Crippen LogP contribution in [0, 0.1) is 0 Å². The largest absolute Gasteiger partial charge is 0.497 e. The smallest absolute Gasteiger partial charge is 0.262 e. The van der Waals surface area contributed by atoms with E-state index >= 15 is 0 Å². The van der Waals surface area contributed by atoms with Crippen LogP contribution in [0.3, 0.4) is 0 Å². The zero-order valence-electron chi connectivity index (χ0n) is 13.9. The highest BCUT2D eigenvalue weighted by Crippen LogP contribution is 2.25. The Morgan fingerprint density at radius 2 is 1.96 bits per heavy atom. The summed E-state index contributed by atoms with van der Waals surface area (Å²) < 4.78 is 10.4. The predicted octanol–water partition coefficient (Wildman–Crippen LogP) is 2.15. The summed E-state index contributed by atoms with van der Waals surface area (Å²) in [4.78, 5) is 11.9. The second-order valence-corrected chi connectivity index (χ2v) is 5.92. The molecule has 1 aromatic rings. The van der Waals surface area contributed by atoms with Crippen molar-refractivity contribution < 1.29 is 14.3 Å². The van der Waals surface area contributed by atoms with Crippen LogP contribution in [0.15, 0.2) is 24.3 Å². The topological polar surface area (TPSA) is 71.6 Å². The number of thiocarbonyl (C=S) groups is 1. The van der Waals surface area contributed by atoms with Crippen molar-refractivity contribution in [2.75, 3.05) is 14.2 Å². The third-order valence-electron chi connectivity index (χ3n) is 3.84. The van der Waals surface area contributed by atoms with Gasteiger partial charge in [-0.25, -0.2) is 0 Å². The number of hydrogen-bond acceptors (Lipinski definition) is 4. The number of hydrazine groups is 1. The highest BCUT2D eigenvalue weighted by atomic mass is 32.1. The van der Waals surface area contributed by atoms with Gasteiger partial charge in [0.1, 0.15) is 11.5 Å². The molecule has 3 N–H and O–H groups in total. The highest BCUT2D eigenvalue weighted by molar-refractivity contribution is 7.80. The van der Waals surface area contributed by atoms with Gasteiger partial charge in [-0.15, -0.1) is 0 Å². The molecule has 7 heteroatoms. The second-order valence-electron chi connectivity index (χ2n) is 5.51. The van der Waals surface area contributed by atoms with Gasteiger partial charge < -0.3 is 14.8 Å². The van der Waals surface area contributed by atoms with Gasteiger partial charge in [-0.1, -0.05) is 12.8 Å². The van der Waals surface area contributed by atoms with E-state index in [4.69, 9.17) is 21.7 Å². The normalized spacial score (nSPS) is 14.4. The van der Waals surface area contributed by atoms with E-state index in [9.17, 15) is 4.79 Å². The molecule has 1 saturated carbocycles. The van der Waals surface area contributed by atoms with E-state index in [1.54, 1.807) is 32.4 Å². The number of nitrogens with one attached hydrogen (secondary N) is 3. The molecule has 0 unspecified atom stereocenters. The molecule has 130 valence electrons. The fourth-order valence-corrected chi connectivity index (χ4v) is 2.79. The van der Waals surface area contributed by atoms with Gasteiger partial charge in [0.2, 0.25) is 0 Å². The van der Waals surface area contributed by atoms with Crippen molar-refractivity contribution >= 4 is 29.3 Å². The molecule has 1 amide bonds. The monoisotopic (exact) mass is 349 g/mol. The van der Waals surface area contributed by atoms with E-state index in [1.807, 2.05) is 6.07 Å². The van der Waals surface area contributed by atoms with Crippen molar-refractivity contribution in [2.24, 2.45) is 0 Å². The minimum absolute atomic E-state index is 0.302. The van der Waals surface area contributed by atoms with Gasteiger partial charge in [0.15, 0.2) is 5.11 Å². The standard InChI is InChI=1S/C17H23N3O3S/c1-22-14-9-7-12(15(11-14)23-2)8-10-16(21)19-20-17(24)18-13-5-3-4-6-13/h7-11,13H,3-6H2,1-2H3,(H,19,21)(H2,18,20,24)/b10-8+. The molecule has 0 aromatic heterocycles. The molecule has 1 aliphatic carbocycles. The van der Waals surface area contributed by atoms with Crippen LogP contribution < -0.4 is 25.6 Å². The van der Waals surface area contributed by atoms with Gasteiger partial charge in [-0.05, 0) is 43.3 Å². The molecule has 24 heavy (non-hydrogen) atoms. The second kappa shape index (κ2) is 9.12. The van der Waals surface area contributed by atoms with Crippen molar-refractivity contribution in [1.82, 2.24) is 16.2 Å². The Morgan fingerprint density at radius 1 is 1.21 bits per heavy atom. The number of hydrogen-bond donors (Lipinski definition) is 3. The Hall–Kier alpha value is -2.28. The maximum atomic E-state index is 11.9. The van der Waals surface area contributed by atoms with Gasteiger partial charge in [-0.2, -0.15) is 0 Å². The molecule has 1 aromatic carbocycles. The summed E-state index contributed by atoms with van der Waals surface area (Å²) in [7, 11) is 3.16. The molecule has 1 aliphatic rings. The van der Waals surface area contributed by atoms with E-state index in [-0.39, 0.29) is 5.91 Å². The molecule has 6 nitrogen and oxygen atoms in total. The van der Waals surface area contributed by atoms with Gasteiger partial charge in [0, 0.05) is 23.7 Å². The molecule has 0 spiro atoms. The molecule has 0 aliphatic heterocycles. The molecule has 0 bridgehead atoms. The van der Waals surface area contributed by atoms with Crippen LogP contribution in [-0.2, 0) is 4.79 Å². The number of rotatable bonds is 5. The molecule has 0 radical (unpaired) electrons. The first-order chi connectivity index (χ1) is 11.6. The molecule has 2 rings (SSSR count). The highest BCUT2D eigenvalue weighted by Gasteiger charge is 2.15. The average molecular weight is 349 g/mol. The average Bonchev–Trinajstić information content (AvgIpc) is 3.10. The maximum Gasteiger partial charge on any atom is 0.262 e. The summed E-state index contributed by atoms with van der Waals surface area (Å²) in [6, 6.07) is 5.79. The summed E-state index contributed by atoms with van der Waals surface area (Å²) in [5.41, 5.74) is 6.03. The number of benzene rings is 1. The number of amides is 1. The van der Waals surface area contributed by atoms with Crippen LogP contribution >= 0.6 is 12.2 Å². The lowest BCUT2D eigenvalue weighted by Gasteiger charge is -2.15. The third kappa shape index (κ3) is 5.42. The van der Waals surface area contributed by atoms with Crippen molar-refractivity contribution in [2.45, 2.75) is 31.7 Å². The molecule has 0 atom stereocenters. The quantitative estimate of drug-likeness (QED) is 0.430. The first-order valence-corrected chi connectivity index (χ1v) is 8.30. The summed E-state index contributed by atoms with van der Waals surface area (Å²) >= 11 is 5.16. The van der Waals surface area contributed by atoms with Crippen molar-refractivity contribution in [1.29, 1.82) is 0 Å². The SMILES string of the molecule is COc1ccc(/C=C/C(=O)NNC(=S)NC2CCCC2)c(OC)c1. The van der Waals surface area contributed by atoms with E-state index in [2.05, 4.69) is 16.2 Å². The van der Waals surface area contributed by atoms with Gasteiger partial charge in [0.25, 0.3) is 5.91 Å². The molecular weight excluding hydrogens is 326 g/mol. The van der Waals surface area contributed by atoms with Gasteiger partial charge in [0.05, 0.1) is 14.2 Å². The zero-order chi connectivity index (χ0) is 17.4. The molecular formula is C17H23N3O3S. The van der Waals surface area contributed by atoms with E-state index in [1.165, 1.54) is 18.9 Å². The fraction of sp³-hybridized carbons (Fsp3) is 0.412. The zero-order valence-corrected chi connectivity index (χ0v) is 14.7. The summed E-state index contributed by atoms with van der Waals surface area (Å²) in [5, 5.41) is 3.62. The minimum Gasteiger partial charge on any atom is -0.497 e. The molecule has 1 fully saturated rings. The maximum absolute atomic E-state index is 11.9. The molecule has 0 heterocycles. The first kappa shape index (κ1) is 18.1. The van der Waals surface area contributed by atoms with Crippen molar-refractivity contribution in [3.8, 4) is 11.5 Å². The lowest BCUT2D eigenvalue weighted by atomic mass is 10.1. The van der Waals surface area contributed by atoms with E-state index < -0.39 is 0 Å². The van der Waals surface area contributed by atoms with E-state index in [0.717, 1.165) is 18.4 Å². The summed E-state index contributed by atoms with van der Waals surface area (Å²) in [6.45, 7) is 0. The van der Waals surface area contributed by atoms with Crippen LogP contribution in [0.1, 0.15) is 31.2 Å². The third-order valence-corrected chi connectivity index (χ3v) is 4.06. The van der Waals surface area contributed by atoms with Crippen molar-refractivity contribution in [3.05, 3.63) is 29.8 Å². The predicted molar refractivity (Wildman–Crippen MR) is 97.8 cm³/mol. The Labute approximate surface area is 147 Å². The Morgan fingerprint density at radius 3 is 2.62 bits per heavy atom. The Kier molecular flexibility index (Phi) is 6.87. The Bertz CT molecular complexity index is 613.